The number of para-hydroxylation sites is 2. The average Bonchev–Trinajstić information content (AvgIpc) is 2.79. The first-order valence-electron chi connectivity index (χ1n) is 7.33. The third kappa shape index (κ3) is 1.93. The summed E-state index contributed by atoms with van der Waals surface area (Å²) in [6, 6.07) is 15.2. The van der Waals surface area contributed by atoms with Crippen LogP contribution in [0.1, 0.15) is 0 Å². The molecule has 4 rings (SSSR count). The molecule has 0 radical (unpaired) electrons. The van der Waals surface area contributed by atoms with Gasteiger partial charge in [0.2, 0.25) is 0 Å². The van der Waals surface area contributed by atoms with Crippen molar-refractivity contribution in [2.45, 2.75) is 0 Å². The van der Waals surface area contributed by atoms with Crippen molar-refractivity contribution in [3.63, 3.8) is 0 Å². The largest absolute Gasteiger partial charge is 0.422 e. The molecule has 0 bridgehead atoms. The molecule has 0 spiro atoms. The Bertz CT molecular complexity index is 1080. The number of imidazole rings is 1. The first-order valence-corrected chi connectivity index (χ1v) is 7.33. The van der Waals surface area contributed by atoms with E-state index in [-0.39, 0.29) is 5.63 Å². The summed E-state index contributed by atoms with van der Waals surface area (Å²) in [5.41, 5.74) is 9.10. The number of hydrogen-bond donors (Lipinski definition) is 1. The number of nitrogens with zero attached hydrogens (tertiary/aromatic N) is 2. The van der Waals surface area contributed by atoms with E-state index in [2.05, 4.69) is 0 Å². The van der Waals surface area contributed by atoms with Gasteiger partial charge in [0.25, 0.3) is 5.82 Å². The van der Waals surface area contributed by atoms with Gasteiger partial charge in [-0.1, -0.05) is 12.1 Å². The molecule has 0 saturated heterocycles. The van der Waals surface area contributed by atoms with Crippen LogP contribution in [-0.4, -0.2) is 4.57 Å². The third-order valence-corrected chi connectivity index (χ3v) is 4.24. The van der Waals surface area contributed by atoms with Crippen molar-refractivity contribution < 1.29 is 8.98 Å². The van der Waals surface area contributed by atoms with Gasteiger partial charge < -0.3 is 10.2 Å². The van der Waals surface area contributed by atoms with Crippen LogP contribution in [0.4, 0.5) is 5.69 Å². The molecule has 2 heterocycles. The van der Waals surface area contributed by atoms with E-state index in [9.17, 15) is 4.79 Å². The minimum absolute atomic E-state index is 0.371. The van der Waals surface area contributed by atoms with Crippen molar-refractivity contribution in [3.8, 4) is 11.4 Å². The molecule has 2 aromatic carbocycles. The lowest BCUT2D eigenvalue weighted by atomic mass is 10.1. The van der Waals surface area contributed by atoms with Crippen molar-refractivity contribution in [1.29, 1.82) is 0 Å². The summed E-state index contributed by atoms with van der Waals surface area (Å²) < 4.78 is 9.48. The molecule has 0 aliphatic carbocycles. The maximum Gasteiger partial charge on any atom is 0.351 e. The summed E-state index contributed by atoms with van der Waals surface area (Å²) in [7, 11) is 3.90. The summed E-state index contributed by atoms with van der Waals surface area (Å²) >= 11 is 0. The van der Waals surface area contributed by atoms with Gasteiger partial charge in [-0.15, -0.1) is 0 Å². The lowest BCUT2D eigenvalue weighted by Gasteiger charge is -2.01. The summed E-state index contributed by atoms with van der Waals surface area (Å²) in [4.78, 5) is 12.5. The highest BCUT2D eigenvalue weighted by Gasteiger charge is 2.25. The standard InChI is InChI=1S/C18H15N3O2/c1-20-14-5-3-4-6-15(14)21(2)17(20)13-9-11-7-8-12(19)10-16(11)23-18(13)22/h3-10,19H,1-2H3/p+1. The predicted octanol–water partition coefficient (Wildman–Crippen LogP) is 2.36. The molecule has 5 heteroatoms. The van der Waals surface area contributed by atoms with Gasteiger partial charge in [0.05, 0.1) is 14.1 Å². The number of fused-ring (bicyclic) bond motifs is 2. The average molecular weight is 306 g/mol. The second-order valence-electron chi connectivity index (χ2n) is 5.68. The van der Waals surface area contributed by atoms with E-state index in [0.29, 0.717) is 16.8 Å². The first kappa shape index (κ1) is 13.6. The number of nitrogens with two attached hydrogens (primary N) is 1. The molecule has 5 nitrogen and oxygen atoms in total. The van der Waals surface area contributed by atoms with E-state index < -0.39 is 0 Å². The van der Waals surface area contributed by atoms with Gasteiger partial charge >= 0.3 is 5.63 Å². The number of anilines is 1. The van der Waals surface area contributed by atoms with Crippen LogP contribution in [0.25, 0.3) is 33.4 Å². The van der Waals surface area contributed by atoms with E-state index in [1.807, 2.05) is 59.6 Å². The first-order chi connectivity index (χ1) is 11.1. The Morgan fingerprint density at radius 1 is 1.13 bits per heavy atom. The zero-order valence-electron chi connectivity index (χ0n) is 12.9. The number of hydrogen-bond acceptors (Lipinski definition) is 3. The zero-order valence-corrected chi connectivity index (χ0v) is 12.9. The van der Waals surface area contributed by atoms with Crippen molar-refractivity contribution in [1.82, 2.24) is 4.57 Å². The van der Waals surface area contributed by atoms with E-state index in [1.165, 1.54) is 0 Å². The lowest BCUT2D eigenvalue weighted by Crippen LogP contribution is -2.31. The Hall–Kier alpha value is -3.08. The van der Waals surface area contributed by atoms with Crippen molar-refractivity contribution in [2.75, 3.05) is 5.73 Å². The quantitative estimate of drug-likeness (QED) is 0.333. The van der Waals surface area contributed by atoms with Crippen LogP contribution < -0.4 is 15.9 Å². The van der Waals surface area contributed by atoms with Crippen LogP contribution in [0.3, 0.4) is 0 Å². The van der Waals surface area contributed by atoms with Crippen LogP contribution >= 0.6 is 0 Å². The smallest absolute Gasteiger partial charge is 0.351 e. The van der Waals surface area contributed by atoms with Gasteiger partial charge in [-0.2, -0.15) is 0 Å². The molecular formula is C18H16N3O2+. The normalized spacial score (nSPS) is 11.4. The van der Waals surface area contributed by atoms with E-state index in [4.69, 9.17) is 10.2 Å². The highest BCUT2D eigenvalue weighted by Crippen LogP contribution is 2.23. The molecule has 2 N–H and O–H groups in total. The van der Waals surface area contributed by atoms with Crippen molar-refractivity contribution in [3.05, 3.63) is 59.0 Å². The molecule has 23 heavy (non-hydrogen) atoms. The molecule has 0 atom stereocenters. The molecule has 0 amide bonds. The highest BCUT2D eigenvalue weighted by atomic mass is 16.4. The van der Waals surface area contributed by atoms with Crippen molar-refractivity contribution in [2.24, 2.45) is 14.1 Å². The summed E-state index contributed by atoms with van der Waals surface area (Å²) in [5.74, 6) is 0.804. The molecule has 0 aliphatic rings. The van der Waals surface area contributed by atoms with Crippen LogP contribution in [-0.2, 0) is 14.1 Å². The summed E-state index contributed by atoms with van der Waals surface area (Å²) in [6.45, 7) is 0. The van der Waals surface area contributed by atoms with Gasteiger partial charge in [-0.3, -0.25) is 0 Å². The van der Waals surface area contributed by atoms with Crippen LogP contribution in [0.5, 0.6) is 0 Å². The summed E-state index contributed by atoms with van der Waals surface area (Å²) in [5, 5.41) is 0.846. The van der Waals surface area contributed by atoms with Gasteiger partial charge in [0.1, 0.15) is 5.58 Å². The zero-order chi connectivity index (χ0) is 16.1. The van der Waals surface area contributed by atoms with Crippen LogP contribution in [0, 0.1) is 0 Å². The number of nitrogen functional groups attached to an aromatic ring is 1. The van der Waals surface area contributed by atoms with E-state index >= 15 is 0 Å². The third-order valence-electron chi connectivity index (χ3n) is 4.24. The number of benzene rings is 2. The molecular weight excluding hydrogens is 290 g/mol. The Labute approximate surface area is 132 Å². The maximum atomic E-state index is 12.5. The monoisotopic (exact) mass is 306 g/mol. The van der Waals surface area contributed by atoms with Crippen molar-refractivity contribution >= 4 is 27.7 Å². The molecule has 0 unspecified atom stereocenters. The molecule has 114 valence electrons. The predicted molar refractivity (Wildman–Crippen MR) is 90.0 cm³/mol. The highest BCUT2D eigenvalue weighted by molar-refractivity contribution is 5.84. The lowest BCUT2D eigenvalue weighted by molar-refractivity contribution is -0.634. The van der Waals surface area contributed by atoms with Crippen LogP contribution in [0.2, 0.25) is 0 Å². The summed E-state index contributed by atoms with van der Waals surface area (Å²) in [6.07, 6.45) is 0. The van der Waals surface area contributed by atoms with E-state index in [1.54, 1.807) is 12.1 Å². The molecule has 2 aromatic heterocycles. The Balaban J connectivity index is 2.09. The van der Waals surface area contributed by atoms with Gasteiger partial charge in [-0.25, -0.2) is 13.9 Å². The second-order valence-corrected chi connectivity index (χ2v) is 5.68. The van der Waals surface area contributed by atoms with Gasteiger partial charge in [0.15, 0.2) is 16.6 Å². The minimum atomic E-state index is -0.371. The number of aryl methyl sites for hydroxylation is 2. The minimum Gasteiger partial charge on any atom is -0.422 e. The van der Waals surface area contributed by atoms with E-state index in [0.717, 1.165) is 22.2 Å². The Kier molecular flexibility index (Phi) is 2.78. The topological polar surface area (TPSA) is 65.0 Å². The molecule has 0 fully saturated rings. The number of aromatic nitrogens is 2. The van der Waals surface area contributed by atoms with Crippen LogP contribution in [0.15, 0.2) is 57.7 Å². The maximum absolute atomic E-state index is 12.5. The molecule has 0 saturated carbocycles. The molecule has 4 aromatic rings. The fourth-order valence-corrected chi connectivity index (χ4v) is 3.13. The number of rotatable bonds is 1. The fourth-order valence-electron chi connectivity index (χ4n) is 3.13. The Morgan fingerprint density at radius 2 is 1.91 bits per heavy atom. The fraction of sp³-hybridized carbons (Fsp3) is 0.111. The second kappa shape index (κ2) is 4.71. The van der Waals surface area contributed by atoms with Gasteiger partial charge in [-0.05, 0) is 30.3 Å². The SMILES string of the molecule is Cn1c(-c2cc3ccc(N)cc3oc2=O)[n+](C)c2ccccc21. The Morgan fingerprint density at radius 3 is 2.70 bits per heavy atom. The molecule has 0 aliphatic heterocycles. The van der Waals surface area contributed by atoms with Gasteiger partial charge in [0, 0.05) is 17.1 Å².